The molecule has 1 saturated carbocycles. The van der Waals surface area contributed by atoms with Gasteiger partial charge in [0, 0.05) is 5.41 Å². The summed E-state index contributed by atoms with van der Waals surface area (Å²) < 4.78 is 5.24. The Balaban J connectivity index is 1.64. The lowest BCUT2D eigenvalue weighted by Gasteiger charge is -2.32. The zero-order valence-corrected chi connectivity index (χ0v) is 12.4. The van der Waals surface area contributed by atoms with Gasteiger partial charge in [-0.2, -0.15) is 0 Å². The number of rotatable bonds is 2. The molecule has 0 N–H and O–H groups in total. The summed E-state index contributed by atoms with van der Waals surface area (Å²) in [6, 6.07) is 9.46. The van der Waals surface area contributed by atoms with Gasteiger partial charge in [-0.05, 0) is 42.7 Å². The summed E-state index contributed by atoms with van der Waals surface area (Å²) >= 11 is 1.77. The van der Waals surface area contributed by atoms with Crippen molar-refractivity contribution in [3.63, 3.8) is 0 Å². The molecule has 4 heteroatoms. The molecular weight excluding hydrogens is 268 g/mol. The predicted molar refractivity (Wildman–Crippen MR) is 83.9 cm³/mol. The van der Waals surface area contributed by atoms with Crippen LogP contribution in [0.5, 0.6) is 5.75 Å². The van der Waals surface area contributed by atoms with E-state index in [1.54, 1.807) is 18.9 Å². The normalized spacial score (nSPS) is 27.8. The van der Waals surface area contributed by atoms with E-state index in [0.717, 1.165) is 5.75 Å². The number of methoxy groups -OCH3 is 1. The van der Waals surface area contributed by atoms with Crippen molar-refractivity contribution in [3.05, 3.63) is 35.2 Å². The molecule has 0 unspecified atom stereocenters. The zero-order chi connectivity index (χ0) is 13.5. The number of ether oxygens (including phenoxy) is 1. The van der Waals surface area contributed by atoms with Crippen molar-refractivity contribution in [2.45, 2.75) is 37.8 Å². The van der Waals surface area contributed by atoms with Crippen LogP contribution in [0.25, 0.3) is 5.70 Å². The Kier molecular flexibility index (Phi) is 2.99. The quantitative estimate of drug-likeness (QED) is 0.828. The second kappa shape index (κ2) is 4.85. The molecule has 2 heterocycles. The lowest BCUT2D eigenvalue weighted by molar-refractivity contribution is 0.305. The predicted octanol–water partition coefficient (Wildman–Crippen LogP) is 3.72. The molecule has 1 aromatic carbocycles. The number of thioether (sulfide) groups is 1. The summed E-state index contributed by atoms with van der Waals surface area (Å²) in [4.78, 5) is 7.38. The number of hydrogen-bond donors (Lipinski definition) is 0. The highest BCUT2D eigenvalue weighted by molar-refractivity contribution is 8.16. The molecule has 0 bridgehead atoms. The highest BCUT2D eigenvalue weighted by atomic mass is 32.2. The van der Waals surface area contributed by atoms with Crippen LogP contribution >= 0.6 is 11.8 Å². The summed E-state index contributed by atoms with van der Waals surface area (Å²) in [6.45, 7) is 0. The maximum absolute atomic E-state index is 5.24. The van der Waals surface area contributed by atoms with Gasteiger partial charge >= 0.3 is 0 Å². The van der Waals surface area contributed by atoms with Crippen LogP contribution < -0.4 is 4.74 Å². The molecule has 20 heavy (non-hydrogen) atoms. The first-order valence-corrected chi connectivity index (χ1v) is 8.13. The maximum Gasteiger partial charge on any atom is 0.168 e. The summed E-state index contributed by atoms with van der Waals surface area (Å²) in [5.74, 6) is 0.908. The van der Waals surface area contributed by atoms with E-state index >= 15 is 0 Å². The molecule has 4 rings (SSSR count). The summed E-state index contributed by atoms with van der Waals surface area (Å²) in [5, 5.41) is 3.44. The SMILES string of the molecule is COc1ccc(C2=CSC3=N[C@H]4CCCC[C@H]4N23)cc1. The second-order valence-electron chi connectivity index (χ2n) is 5.55. The molecular formula is C16H18N2OS. The van der Waals surface area contributed by atoms with Crippen molar-refractivity contribution in [3.8, 4) is 5.75 Å². The van der Waals surface area contributed by atoms with Crippen molar-refractivity contribution in [2.24, 2.45) is 4.99 Å². The van der Waals surface area contributed by atoms with Gasteiger partial charge in [-0.25, -0.2) is 0 Å². The minimum absolute atomic E-state index is 0.521. The van der Waals surface area contributed by atoms with Crippen molar-refractivity contribution in [1.29, 1.82) is 0 Å². The topological polar surface area (TPSA) is 24.8 Å². The van der Waals surface area contributed by atoms with E-state index in [4.69, 9.17) is 9.73 Å². The van der Waals surface area contributed by atoms with Crippen LogP contribution in [0.3, 0.4) is 0 Å². The summed E-state index contributed by atoms with van der Waals surface area (Å²) in [7, 11) is 1.71. The Morgan fingerprint density at radius 2 is 2.00 bits per heavy atom. The molecule has 3 nitrogen and oxygen atoms in total. The summed E-state index contributed by atoms with van der Waals surface area (Å²) in [6.07, 6.45) is 5.19. The number of aliphatic imine (C=N–C) groups is 1. The van der Waals surface area contributed by atoms with Crippen LogP contribution in [-0.2, 0) is 0 Å². The van der Waals surface area contributed by atoms with E-state index in [9.17, 15) is 0 Å². The minimum Gasteiger partial charge on any atom is -0.497 e. The van der Waals surface area contributed by atoms with Crippen LogP contribution in [0, 0.1) is 0 Å². The van der Waals surface area contributed by atoms with E-state index in [0.29, 0.717) is 12.1 Å². The molecule has 0 aromatic heterocycles. The molecule has 3 aliphatic rings. The Morgan fingerprint density at radius 3 is 2.80 bits per heavy atom. The third-order valence-electron chi connectivity index (χ3n) is 4.43. The molecule has 0 spiro atoms. The van der Waals surface area contributed by atoms with Gasteiger partial charge in [0.1, 0.15) is 5.75 Å². The molecule has 1 aromatic rings. The average Bonchev–Trinajstić information content (AvgIpc) is 3.06. The lowest BCUT2D eigenvalue weighted by atomic mass is 9.90. The first-order valence-electron chi connectivity index (χ1n) is 7.25. The molecule has 1 fully saturated rings. The average molecular weight is 286 g/mol. The molecule has 0 saturated heterocycles. The number of benzene rings is 1. The van der Waals surface area contributed by atoms with E-state index < -0.39 is 0 Å². The Morgan fingerprint density at radius 1 is 1.20 bits per heavy atom. The van der Waals surface area contributed by atoms with Crippen molar-refractivity contribution in [2.75, 3.05) is 7.11 Å². The Bertz CT molecular complexity index is 579. The number of hydrogen-bond acceptors (Lipinski definition) is 4. The van der Waals surface area contributed by atoms with Gasteiger partial charge in [-0.1, -0.05) is 24.6 Å². The van der Waals surface area contributed by atoms with Gasteiger partial charge in [0.2, 0.25) is 0 Å². The molecule has 2 atom stereocenters. The van der Waals surface area contributed by atoms with Crippen molar-refractivity contribution in [1.82, 2.24) is 4.90 Å². The maximum atomic E-state index is 5.24. The monoisotopic (exact) mass is 286 g/mol. The highest BCUT2D eigenvalue weighted by Crippen LogP contribution is 2.44. The van der Waals surface area contributed by atoms with Gasteiger partial charge in [0.15, 0.2) is 5.17 Å². The van der Waals surface area contributed by atoms with Gasteiger partial charge in [0.25, 0.3) is 0 Å². The van der Waals surface area contributed by atoms with Gasteiger partial charge in [-0.15, -0.1) is 0 Å². The van der Waals surface area contributed by atoms with Gasteiger partial charge in [-0.3, -0.25) is 4.99 Å². The Labute approximate surface area is 123 Å². The van der Waals surface area contributed by atoms with Crippen LogP contribution in [0.15, 0.2) is 34.7 Å². The molecule has 2 aliphatic heterocycles. The fourth-order valence-corrected chi connectivity index (χ4v) is 4.40. The second-order valence-corrected chi connectivity index (χ2v) is 6.39. The largest absolute Gasteiger partial charge is 0.497 e. The number of amidine groups is 1. The van der Waals surface area contributed by atoms with Crippen molar-refractivity contribution >= 4 is 22.6 Å². The molecule has 104 valence electrons. The van der Waals surface area contributed by atoms with E-state index in [1.165, 1.54) is 42.1 Å². The van der Waals surface area contributed by atoms with Gasteiger partial charge in [0.05, 0.1) is 24.9 Å². The first-order chi connectivity index (χ1) is 9.86. The highest BCUT2D eigenvalue weighted by Gasteiger charge is 2.41. The smallest absolute Gasteiger partial charge is 0.168 e. The fraction of sp³-hybridized carbons (Fsp3) is 0.438. The van der Waals surface area contributed by atoms with Crippen LogP contribution in [0.4, 0.5) is 0 Å². The number of fused-ring (bicyclic) bond motifs is 3. The minimum atomic E-state index is 0.521. The van der Waals surface area contributed by atoms with Crippen LogP contribution in [0.2, 0.25) is 0 Å². The Hall–Kier alpha value is -1.42. The van der Waals surface area contributed by atoms with E-state index in [-0.39, 0.29) is 0 Å². The van der Waals surface area contributed by atoms with Crippen molar-refractivity contribution < 1.29 is 4.74 Å². The summed E-state index contributed by atoms with van der Waals surface area (Å²) in [5.41, 5.74) is 2.57. The molecule has 0 amide bonds. The number of nitrogens with zero attached hydrogens (tertiary/aromatic N) is 2. The first kappa shape index (κ1) is 12.3. The van der Waals surface area contributed by atoms with E-state index in [1.807, 2.05) is 12.1 Å². The van der Waals surface area contributed by atoms with Gasteiger partial charge < -0.3 is 9.64 Å². The van der Waals surface area contributed by atoms with Crippen LogP contribution in [-0.4, -0.2) is 29.3 Å². The van der Waals surface area contributed by atoms with Crippen LogP contribution in [0.1, 0.15) is 31.2 Å². The standard InChI is InChI=1S/C16H18N2OS/c1-19-12-8-6-11(7-9-12)15-10-20-16-17-13-4-2-3-5-14(13)18(15)16/h6-10,13-14H,2-5H2,1H3/t13-,14+/m0/s1. The fourth-order valence-electron chi connectivity index (χ4n) is 3.39. The third-order valence-corrected chi connectivity index (χ3v) is 5.28. The zero-order valence-electron chi connectivity index (χ0n) is 11.6. The molecule has 1 aliphatic carbocycles. The lowest BCUT2D eigenvalue weighted by Crippen LogP contribution is -2.38. The molecule has 0 radical (unpaired) electrons. The third kappa shape index (κ3) is 1.85. The van der Waals surface area contributed by atoms with E-state index in [2.05, 4.69) is 22.4 Å².